The Bertz CT molecular complexity index is 334. The Hall–Kier alpha value is -0.410. The van der Waals surface area contributed by atoms with Crippen molar-refractivity contribution in [1.82, 2.24) is 4.98 Å². The maximum absolute atomic E-state index is 5.73. The molecule has 1 heterocycles. The first-order valence-electron chi connectivity index (χ1n) is 5.89. The second kappa shape index (κ2) is 4.84. The summed E-state index contributed by atoms with van der Waals surface area (Å²) in [5, 5.41) is 3.43. The Morgan fingerprint density at radius 2 is 1.88 bits per heavy atom. The maximum atomic E-state index is 5.73. The highest BCUT2D eigenvalue weighted by Gasteiger charge is 2.19. The molecule has 0 saturated heterocycles. The molecule has 3 heteroatoms. The monoisotopic (exact) mass is 240 g/mol. The molecule has 0 aliphatic heterocycles. The second-order valence-electron chi connectivity index (χ2n) is 6.24. The van der Waals surface area contributed by atoms with E-state index in [1.54, 1.807) is 11.3 Å². The van der Waals surface area contributed by atoms with Crippen molar-refractivity contribution in [1.29, 1.82) is 0 Å². The number of hydrogen-bond acceptors (Lipinski definition) is 3. The van der Waals surface area contributed by atoms with Crippen LogP contribution in [0, 0.1) is 5.41 Å². The van der Waals surface area contributed by atoms with Gasteiger partial charge in [0.1, 0.15) is 0 Å². The molecule has 2 nitrogen and oxygen atoms in total. The van der Waals surface area contributed by atoms with Gasteiger partial charge in [0, 0.05) is 10.8 Å². The van der Waals surface area contributed by atoms with Gasteiger partial charge in [0.25, 0.3) is 0 Å². The zero-order valence-electron chi connectivity index (χ0n) is 11.1. The van der Waals surface area contributed by atoms with Gasteiger partial charge < -0.3 is 5.73 Å². The van der Waals surface area contributed by atoms with Crippen molar-refractivity contribution in [3.63, 3.8) is 0 Å². The highest BCUT2D eigenvalue weighted by atomic mass is 32.1. The first-order chi connectivity index (χ1) is 7.24. The van der Waals surface area contributed by atoms with E-state index in [0.717, 1.165) is 19.4 Å². The Kier molecular flexibility index (Phi) is 4.13. The van der Waals surface area contributed by atoms with E-state index in [2.05, 4.69) is 40.0 Å². The van der Waals surface area contributed by atoms with Gasteiger partial charge in [-0.3, -0.25) is 0 Å². The number of thiazole rings is 1. The van der Waals surface area contributed by atoms with E-state index in [4.69, 9.17) is 10.7 Å². The Morgan fingerprint density at radius 3 is 2.31 bits per heavy atom. The molecule has 1 rings (SSSR count). The van der Waals surface area contributed by atoms with Crippen LogP contribution in [0.5, 0.6) is 0 Å². The van der Waals surface area contributed by atoms with Crippen molar-refractivity contribution in [2.75, 3.05) is 6.54 Å². The maximum Gasteiger partial charge on any atom is 0.0928 e. The lowest BCUT2D eigenvalue weighted by molar-refractivity contribution is 0.347. The molecule has 0 bridgehead atoms. The van der Waals surface area contributed by atoms with Gasteiger partial charge in [-0.25, -0.2) is 4.98 Å². The van der Waals surface area contributed by atoms with Crippen LogP contribution in [-0.2, 0) is 11.8 Å². The fourth-order valence-corrected chi connectivity index (χ4v) is 2.34. The summed E-state index contributed by atoms with van der Waals surface area (Å²) in [7, 11) is 0. The number of aryl methyl sites for hydroxylation is 1. The Balaban J connectivity index is 2.60. The summed E-state index contributed by atoms with van der Waals surface area (Å²) in [5.41, 5.74) is 7.33. The first-order valence-corrected chi connectivity index (χ1v) is 6.77. The van der Waals surface area contributed by atoms with Crippen molar-refractivity contribution < 1.29 is 0 Å². The van der Waals surface area contributed by atoms with Crippen molar-refractivity contribution in [2.45, 2.75) is 52.9 Å². The van der Waals surface area contributed by atoms with E-state index in [0.29, 0.717) is 0 Å². The minimum Gasteiger partial charge on any atom is -0.330 e. The molecule has 0 fully saturated rings. The van der Waals surface area contributed by atoms with Gasteiger partial charge in [0.2, 0.25) is 0 Å². The third kappa shape index (κ3) is 3.87. The molecule has 0 saturated carbocycles. The molecule has 92 valence electrons. The summed E-state index contributed by atoms with van der Waals surface area (Å²) in [5.74, 6) is 0. The highest BCUT2D eigenvalue weighted by Crippen LogP contribution is 2.27. The Labute approximate surface area is 103 Å². The summed E-state index contributed by atoms with van der Waals surface area (Å²) in [6.45, 7) is 11.8. The third-order valence-electron chi connectivity index (χ3n) is 2.89. The van der Waals surface area contributed by atoms with Gasteiger partial charge in [0.05, 0.1) is 10.7 Å². The van der Waals surface area contributed by atoms with E-state index in [1.807, 2.05) is 0 Å². The van der Waals surface area contributed by atoms with Crippen LogP contribution < -0.4 is 5.73 Å². The van der Waals surface area contributed by atoms with Crippen LogP contribution in [-0.4, -0.2) is 11.5 Å². The number of nitrogens with zero attached hydrogens (tertiary/aromatic N) is 1. The zero-order chi connectivity index (χ0) is 12.4. The van der Waals surface area contributed by atoms with E-state index in [-0.39, 0.29) is 10.8 Å². The summed E-state index contributed by atoms with van der Waals surface area (Å²) in [4.78, 5) is 4.70. The zero-order valence-corrected chi connectivity index (χ0v) is 11.9. The number of aromatic nitrogens is 1. The van der Waals surface area contributed by atoms with E-state index in [1.165, 1.54) is 10.7 Å². The lowest BCUT2D eigenvalue weighted by Crippen LogP contribution is -2.24. The average Bonchev–Trinajstić information content (AvgIpc) is 2.63. The largest absolute Gasteiger partial charge is 0.330 e. The molecular weight excluding hydrogens is 216 g/mol. The standard InChI is InChI=1S/C13H24N2S/c1-12(2,3)10-8-16-11(15-10)6-7-13(4,5)9-14/h8H,6-7,9,14H2,1-5H3. The van der Waals surface area contributed by atoms with Crippen molar-refractivity contribution in [3.05, 3.63) is 16.1 Å². The summed E-state index contributed by atoms with van der Waals surface area (Å²) >= 11 is 1.78. The molecule has 1 aromatic heterocycles. The smallest absolute Gasteiger partial charge is 0.0928 e. The second-order valence-corrected chi connectivity index (χ2v) is 7.19. The number of rotatable bonds is 4. The van der Waals surface area contributed by atoms with E-state index < -0.39 is 0 Å². The van der Waals surface area contributed by atoms with Crippen molar-refractivity contribution >= 4 is 11.3 Å². The highest BCUT2D eigenvalue weighted by molar-refractivity contribution is 7.09. The van der Waals surface area contributed by atoms with Gasteiger partial charge in [-0.05, 0) is 24.8 Å². The molecule has 0 aliphatic carbocycles. The molecule has 16 heavy (non-hydrogen) atoms. The van der Waals surface area contributed by atoms with Gasteiger partial charge in [-0.15, -0.1) is 11.3 Å². The molecule has 0 aliphatic rings. The SMILES string of the molecule is CC(C)(CN)CCc1nc(C(C)(C)C)cs1. The molecule has 0 spiro atoms. The summed E-state index contributed by atoms with van der Waals surface area (Å²) < 4.78 is 0. The topological polar surface area (TPSA) is 38.9 Å². The normalized spacial score (nSPS) is 13.1. The molecule has 2 N–H and O–H groups in total. The predicted molar refractivity (Wildman–Crippen MR) is 72.0 cm³/mol. The quantitative estimate of drug-likeness (QED) is 0.876. The lowest BCUT2D eigenvalue weighted by atomic mass is 9.88. The molecule has 0 atom stereocenters. The van der Waals surface area contributed by atoms with Crippen LogP contribution in [0.15, 0.2) is 5.38 Å². The average molecular weight is 240 g/mol. The lowest BCUT2D eigenvalue weighted by Gasteiger charge is -2.21. The van der Waals surface area contributed by atoms with Crippen LogP contribution in [0.2, 0.25) is 0 Å². The summed E-state index contributed by atoms with van der Waals surface area (Å²) in [6, 6.07) is 0. The van der Waals surface area contributed by atoms with Crippen LogP contribution >= 0.6 is 11.3 Å². The molecular formula is C13H24N2S. The summed E-state index contributed by atoms with van der Waals surface area (Å²) in [6.07, 6.45) is 2.16. The fraction of sp³-hybridized carbons (Fsp3) is 0.769. The minimum absolute atomic E-state index is 0.165. The van der Waals surface area contributed by atoms with Crippen LogP contribution in [0.3, 0.4) is 0 Å². The first kappa shape index (κ1) is 13.7. The van der Waals surface area contributed by atoms with Gasteiger partial charge in [0.15, 0.2) is 0 Å². The van der Waals surface area contributed by atoms with E-state index in [9.17, 15) is 0 Å². The minimum atomic E-state index is 0.165. The van der Waals surface area contributed by atoms with Crippen molar-refractivity contribution in [3.8, 4) is 0 Å². The number of hydrogen-bond donors (Lipinski definition) is 1. The van der Waals surface area contributed by atoms with Crippen LogP contribution in [0.1, 0.15) is 51.7 Å². The van der Waals surface area contributed by atoms with Gasteiger partial charge in [-0.1, -0.05) is 34.6 Å². The molecule has 0 unspecified atom stereocenters. The van der Waals surface area contributed by atoms with Crippen molar-refractivity contribution in [2.24, 2.45) is 11.1 Å². The van der Waals surface area contributed by atoms with E-state index >= 15 is 0 Å². The molecule has 0 amide bonds. The van der Waals surface area contributed by atoms with Crippen LogP contribution in [0.4, 0.5) is 0 Å². The van der Waals surface area contributed by atoms with Crippen LogP contribution in [0.25, 0.3) is 0 Å². The van der Waals surface area contributed by atoms with Gasteiger partial charge >= 0.3 is 0 Å². The molecule has 0 aromatic carbocycles. The Morgan fingerprint density at radius 1 is 1.25 bits per heavy atom. The molecule has 0 radical (unpaired) electrons. The fourth-order valence-electron chi connectivity index (χ4n) is 1.32. The predicted octanol–water partition coefficient (Wildman–Crippen LogP) is 3.36. The molecule has 1 aromatic rings. The van der Waals surface area contributed by atoms with Gasteiger partial charge in [-0.2, -0.15) is 0 Å². The third-order valence-corrected chi connectivity index (χ3v) is 3.80. The number of nitrogens with two attached hydrogens (primary N) is 1.